The maximum absolute atomic E-state index is 12.7. The fraction of sp³-hybridized carbons (Fsp3) is 0.250. The van der Waals surface area contributed by atoms with Crippen molar-refractivity contribution in [3.05, 3.63) is 48.0 Å². The summed E-state index contributed by atoms with van der Waals surface area (Å²) >= 11 is 1.00. The Labute approximate surface area is 145 Å². The number of nitrogens with zero attached hydrogens (tertiary/aromatic N) is 3. The molecular formula is C16H17N3O3S2. The highest BCUT2D eigenvalue weighted by Crippen LogP contribution is 2.23. The summed E-state index contributed by atoms with van der Waals surface area (Å²) in [6.07, 6.45) is 0. The summed E-state index contributed by atoms with van der Waals surface area (Å²) in [5.74, 6) is 0.720. The molecule has 0 unspecified atom stereocenters. The molecule has 3 aromatic rings. The van der Waals surface area contributed by atoms with Gasteiger partial charge in [-0.3, -0.25) is 0 Å². The van der Waals surface area contributed by atoms with Crippen LogP contribution in [0.2, 0.25) is 0 Å². The predicted molar refractivity (Wildman–Crippen MR) is 93.9 cm³/mol. The van der Waals surface area contributed by atoms with Crippen molar-refractivity contribution >= 4 is 32.8 Å². The third-order valence-electron chi connectivity index (χ3n) is 3.63. The van der Waals surface area contributed by atoms with Crippen molar-refractivity contribution in [1.29, 1.82) is 0 Å². The third-order valence-corrected chi connectivity index (χ3v) is 6.06. The van der Waals surface area contributed by atoms with E-state index in [-0.39, 0.29) is 18.0 Å². The van der Waals surface area contributed by atoms with E-state index in [2.05, 4.69) is 8.75 Å². The lowest BCUT2D eigenvalue weighted by molar-refractivity contribution is 0.287. The average molecular weight is 363 g/mol. The van der Waals surface area contributed by atoms with Crippen LogP contribution in [0, 0.1) is 6.92 Å². The van der Waals surface area contributed by atoms with Gasteiger partial charge in [0.05, 0.1) is 11.7 Å². The molecule has 0 aliphatic heterocycles. The maximum atomic E-state index is 12.7. The van der Waals surface area contributed by atoms with Crippen LogP contribution in [-0.2, 0) is 10.0 Å². The van der Waals surface area contributed by atoms with Gasteiger partial charge in [0.1, 0.15) is 28.3 Å². The molecule has 0 atom stereocenters. The number of rotatable bonds is 6. The molecule has 0 aliphatic carbocycles. The quantitative estimate of drug-likeness (QED) is 0.673. The van der Waals surface area contributed by atoms with Crippen molar-refractivity contribution in [2.75, 3.05) is 20.2 Å². The molecule has 0 N–H and O–H groups in total. The van der Waals surface area contributed by atoms with Crippen molar-refractivity contribution in [2.24, 2.45) is 0 Å². The minimum Gasteiger partial charge on any atom is -0.492 e. The van der Waals surface area contributed by atoms with E-state index in [1.165, 1.54) is 11.4 Å². The van der Waals surface area contributed by atoms with Gasteiger partial charge in [0.15, 0.2) is 0 Å². The van der Waals surface area contributed by atoms with E-state index in [0.717, 1.165) is 23.0 Å². The molecule has 1 aromatic heterocycles. The predicted octanol–water partition coefficient (Wildman–Crippen LogP) is 2.70. The van der Waals surface area contributed by atoms with Crippen molar-refractivity contribution in [1.82, 2.24) is 13.1 Å². The second-order valence-electron chi connectivity index (χ2n) is 5.38. The molecule has 0 aliphatic rings. The van der Waals surface area contributed by atoms with Gasteiger partial charge in [-0.15, -0.1) is 0 Å². The first-order chi connectivity index (χ1) is 11.5. The van der Waals surface area contributed by atoms with Gasteiger partial charge in [-0.1, -0.05) is 23.8 Å². The minimum atomic E-state index is -3.64. The number of sulfonamides is 1. The van der Waals surface area contributed by atoms with Gasteiger partial charge in [0.25, 0.3) is 0 Å². The molecule has 6 nitrogen and oxygen atoms in total. The fourth-order valence-corrected chi connectivity index (χ4v) is 4.11. The van der Waals surface area contributed by atoms with Crippen LogP contribution in [0.4, 0.5) is 0 Å². The second-order valence-corrected chi connectivity index (χ2v) is 7.92. The van der Waals surface area contributed by atoms with Crippen molar-refractivity contribution < 1.29 is 13.2 Å². The first kappa shape index (κ1) is 16.8. The number of likely N-dealkylation sites (N-methyl/N-ethyl adjacent to an activating group) is 1. The smallest absolute Gasteiger partial charge is 0.245 e. The first-order valence-electron chi connectivity index (χ1n) is 7.35. The van der Waals surface area contributed by atoms with Gasteiger partial charge in [0.2, 0.25) is 10.0 Å². The zero-order valence-corrected chi connectivity index (χ0v) is 15.0. The van der Waals surface area contributed by atoms with Crippen LogP contribution in [0.1, 0.15) is 5.56 Å². The lowest BCUT2D eigenvalue weighted by atomic mass is 10.2. The number of benzene rings is 2. The van der Waals surface area contributed by atoms with Gasteiger partial charge < -0.3 is 4.74 Å². The molecule has 126 valence electrons. The van der Waals surface area contributed by atoms with E-state index < -0.39 is 10.0 Å². The normalized spacial score (nSPS) is 12.0. The summed E-state index contributed by atoms with van der Waals surface area (Å²) in [5.41, 5.74) is 2.14. The summed E-state index contributed by atoms with van der Waals surface area (Å²) in [5, 5.41) is 0. The lowest BCUT2D eigenvalue weighted by Crippen LogP contribution is -2.31. The Balaban J connectivity index is 1.70. The van der Waals surface area contributed by atoms with Gasteiger partial charge in [-0.25, -0.2) is 8.42 Å². The van der Waals surface area contributed by atoms with E-state index in [0.29, 0.717) is 11.0 Å². The Kier molecular flexibility index (Phi) is 4.79. The van der Waals surface area contributed by atoms with Crippen molar-refractivity contribution in [3.8, 4) is 5.75 Å². The van der Waals surface area contributed by atoms with Gasteiger partial charge in [-0.2, -0.15) is 13.1 Å². The van der Waals surface area contributed by atoms with Crippen molar-refractivity contribution in [2.45, 2.75) is 11.8 Å². The standard InChI is InChI=1S/C16H17N3O3S2/c1-12-6-8-13(9-7-12)22-11-10-19(2)24(20,21)15-5-3-4-14-16(15)18-23-17-14/h3-9H,10-11H2,1-2H3. The molecule has 8 heteroatoms. The third kappa shape index (κ3) is 3.40. The van der Waals surface area contributed by atoms with Gasteiger partial charge >= 0.3 is 0 Å². The lowest BCUT2D eigenvalue weighted by Gasteiger charge is -2.17. The van der Waals surface area contributed by atoms with Crippen LogP contribution in [0.25, 0.3) is 11.0 Å². The summed E-state index contributed by atoms with van der Waals surface area (Å²) in [4.78, 5) is 0.173. The van der Waals surface area contributed by atoms with E-state index >= 15 is 0 Å². The molecule has 1 heterocycles. The molecule has 0 saturated carbocycles. The Morgan fingerprint density at radius 3 is 2.62 bits per heavy atom. The maximum Gasteiger partial charge on any atom is 0.245 e. The Morgan fingerprint density at radius 1 is 1.12 bits per heavy atom. The van der Waals surface area contributed by atoms with Crippen LogP contribution in [0.15, 0.2) is 47.4 Å². The zero-order chi connectivity index (χ0) is 17.2. The van der Waals surface area contributed by atoms with E-state index in [4.69, 9.17) is 4.74 Å². The number of ether oxygens (including phenoxy) is 1. The summed E-state index contributed by atoms with van der Waals surface area (Å²) in [6.45, 7) is 2.51. The van der Waals surface area contributed by atoms with Crippen LogP contribution in [0.5, 0.6) is 5.75 Å². The molecule has 2 aromatic carbocycles. The SMILES string of the molecule is Cc1ccc(OCCN(C)S(=O)(=O)c2cccc3nsnc23)cc1. The van der Waals surface area contributed by atoms with E-state index in [9.17, 15) is 8.42 Å². The van der Waals surface area contributed by atoms with Crippen LogP contribution >= 0.6 is 11.7 Å². The van der Waals surface area contributed by atoms with E-state index in [1.54, 1.807) is 18.2 Å². The largest absolute Gasteiger partial charge is 0.492 e. The summed E-state index contributed by atoms with van der Waals surface area (Å²) < 4.78 is 40.5. The second kappa shape index (κ2) is 6.84. The molecule has 0 spiro atoms. The Morgan fingerprint density at radius 2 is 1.88 bits per heavy atom. The monoisotopic (exact) mass is 363 g/mol. The minimum absolute atomic E-state index is 0.173. The summed E-state index contributed by atoms with van der Waals surface area (Å²) in [7, 11) is -2.10. The van der Waals surface area contributed by atoms with E-state index in [1.807, 2.05) is 31.2 Å². The van der Waals surface area contributed by atoms with Crippen LogP contribution in [-0.4, -0.2) is 41.7 Å². The summed E-state index contributed by atoms with van der Waals surface area (Å²) in [6, 6.07) is 12.6. The van der Waals surface area contributed by atoms with Gasteiger partial charge in [-0.05, 0) is 31.2 Å². The molecule has 0 radical (unpaired) electrons. The topological polar surface area (TPSA) is 72.4 Å². The molecule has 0 amide bonds. The zero-order valence-electron chi connectivity index (χ0n) is 13.3. The molecule has 0 fully saturated rings. The molecule has 0 bridgehead atoms. The van der Waals surface area contributed by atoms with Crippen LogP contribution < -0.4 is 4.74 Å². The molecule has 24 heavy (non-hydrogen) atoms. The molecule has 0 saturated heterocycles. The Bertz CT molecular complexity index is 937. The number of fused-ring (bicyclic) bond motifs is 1. The molecular weight excluding hydrogens is 346 g/mol. The molecule has 3 rings (SSSR count). The first-order valence-corrected chi connectivity index (χ1v) is 9.52. The highest BCUT2D eigenvalue weighted by Gasteiger charge is 2.24. The number of hydrogen-bond acceptors (Lipinski definition) is 6. The van der Waals surface area contributed by atoms with Crippen molar-refractivity contribution in [3.63, 3.8) is 0 Å². The average Bonchev–Trinajstić information content (AvgIpc) is 3.05. The Hall–Kier alpha value is -2.03. The highest BCUT2D eigenvalue weighted by molar-refractivity contribution is 7.89. The fourth-order valence-electron chi connectivity index (χ4n) is 2.20. The number of aromatic nitrogens is 2. The highest BCUT2D eigenvalue weighted by atomic mass is 32.2. The number of hydrogen-bond donors (Lipinski definition) is 0. The number of aryl methyl sites for hydroxylation is 1. The van der Waals surface area contributed by atoms with Crippen LogP contribution in [0.3, 0.4) is 0 Å². The van der Waals surface area contributed by atoms with Gasteiger partial charge in [0, 0.05) is 13.6 Å².